The maximum atomic E-state index is 15.5. The van der Waals surface area contributed by atoms with Crippen LogP contribution >= 0.6 is 0 Å². The Kier molecular flexibility index (Phi) is 12.1. The summed E-state index contributed by atoms with van der Waals surface area (Å²) >= 11 is 0. The molecule has 0 aliphatic carbocycles. The zero-order valence-electron chi connectivity index (χ0n) is 25.5. The number of piperidine rings is 2. The second-order valence-electron chi connectivity index (χ2n) is 13.2. The molecule has 42 heavy (non-hydrogen) atoms. The molecule has 6 N–H and O–H groups in total. The first kappa shape index (κ1) is 33.2. The summed E-state index contributed by atoms with van der Waals surface area (Å²) in [6.45, 7) is 8.41. The summed E-state index contributed by atoms with van der Waals surface area (Å²) in [5.41, 5.74) is 12.2. The molecular weight excluding hydrogens is 544 g/mol. The number of morpholine rings is 1. The molecule has 3 fully saturated rings. The van der Waals surface area contributed by atoms with Crippen LogP contribution in [0.15, 0.2) is 4.99 Å². The van der Waals surface area contributed by atoms with Crippen molar-refractivity contribution in [1.82, 2.24) is 20.4 Å². The van der Waals surface area contributed by atoms with Gasteiger partial charge in [0.2, 0.25) is 11.8 Å². The van der Waals surface area contributed by atoms with Gasteiger partial charge >= 0.3 is 0 Å². The van der Waals surface area contributed by atoms with Crippen molar-refractivity contribution < 1.29 is 23.1 Å². The fraction of sp³-hybridized carbons (Fsp3) is 0.900. The number of carbonyl (C=O) groups excluding carboxylic acids is 2. The Morgan fingerprint density at radius 1 is 1.14 bits per heavy atom. The van der Waals surface area contributed by atoms with Crippen LogP contribution in [0.3, 0.4) is 0 Å². The van der Waals surface area contributed by atoms with E-state index in [1.807, 2.05) is 4.90 Å². The number of nitrogens with zero attached hydrogens (tertiary/aromatic N) is 3. The molecule has 0 aromatic carbocycles. The van der Waals surface area contributed by atoms with E-state index in [9.17, 15) is 14.0 Å². The summed E-state index contributed by atoms with van der Waals surface area (Å²) in [6.07, 6.45) is 3.89. The van der Waals surface area contributed by atoms with Crippen LogP contribution < -0.4 is 22.1 Å². The number of halogens is 2. The van der Waals surface area contributed by atoms with Crippen molar-refractivity contribution in [2.24, 2.45) is 33.7 Å². The van der Waals surface area contributed by atoms with Crippen molar-refractivity contribution in [3.05, 3.63) is 0 Å². The van der Waals surface area contributed by atoms with Gasteiger partial charge in [-0.2, -0.15) is 0 Å². The minimum Gasteiger partial charge on any atom is -0.378 e. The molecule has 0 radical (unpaired) electrons. The largest absolute Gasteiger partial charge is 0.378 e. The Bertz CT molecular complexity index is 913. The van der Waals surface area contributed by atoms with Crippen molar-refractivity contribution in [3.63, 3.8) is 0 Å². The molecule has 2 amide bonds. The van der Waals surface area contributed by atoms with E-state index in [4.69, 9.17) is 16.2 Å². The molecule has 12 heteroatoms. The minimum absolute atomic E-state index is 0.0784. The van der Waals surface area contributed by atoms with Gasteiger partial charge in [-0.05, 0) is 57.0 Å². The monoisotopic (exact) mass is 597 g/mol. The summed E-state index contributed by atoms with van der Waals surface area (Å²) in [5.74, 6) is -1.16. The molecule has 4 aliphatic rings. The normalized spacial score (nSPS) is 34.5. The molecule has 0 bridgehead atoms. The van der Waals surface area contributed by atoms with Crippen molar-refractivity contribution in [1.29, 1.82) is 0 Å². The Morgan fingerprint density at radius 2 is 1.86 bits per heavy atom. The summed E-state index contributed by atoms with van der Waals surface area (Å²) in [6, 6.07) is -1.61. The van der Waals surface area contributed by atoms with Crippen LogP contribution in [0.1, 0.15) is 65.2 Å². The first-order valence-electron chi connectivity index (χ1n) is 16.1. The molecule has 7 atom stereocenters. The van der Waals surface area contributed by atoms with Gasteiger partial charge in [-0.25, -0.2) is 8.78 Å². The van der Waals surface area contributed by atoms with E-state index in [0.29, 0.717) is 78.0 Å². The summed E-state index contributed by atoms with van der Waals surface area (Å²) in [5, 5.41) is 6.19. The standard InChI is InChI=1S/C30H53F2N7O3/c1-3-4-8-30(2)9-5-21(31)17-36-23(16-30)25(27(33)34)28(40)37-24-19-35-18-22(32)26(24)38-10-6-20(7-11-38)29(41)39-12-14-42-15-13-39/h17,20-27,35H,3-16,18-19,33-34H2,1-2H3,(H,37,40)/t21?,22?,23?,24?,25?,26?,30-/m1/s1. The highest BCUT2D eigenvalue weighted by Gasteiger charge is 2.44. The second kappa shape index (κ2) is 15.3. The minimum atomic E-state index is -1.19. The van der Waals surface area contributed by atoms with Gasteiger partial charge in [0, 0.05) is 38.3 Å². The van der Waals surface area contributed by atoms with Crippen molar-refractivity contribution in [2.75, 3.05) is 52.5 Å². The molecular formula is C30H53F2N7O3. The van der Waals surface area contributed by atoms with E-state index < -0.39 is 42.6 Å². The number of carbonyl (C=O) groups is 2. The molecule has 4 heterocycles. The van der Waals surface area contributed by atoms with E-state index in [1.165, 1.54) is 6.21 Å². The Balaban J connectivity index is 1.43. The number of likely N-dealkylation sites (tertiary alicyclic amines) is 1. The molecule has 4 rings (SSSR count). The van der Waals surface area contributed by atoms with Crippen LogP contribution in [0.5, 0.6) is 0 Å². The average molecular weight is 598 g/mol. The van der Waals surface area contributed by atoms with Crippen molar-refractivity contribution in [3.8, 4) is 0 Å². The highest BCUT2D eigenvalue weighted by atomic mass is 19.1. The van der Waals surface area contributed by atoms with Crippen LogP contribution in [0, 0.1) is 17.3 Å². The molecule has 6 unspecified atom stereocenters. The summed E-state index contributed by atoms with van der Waals surface area (Å²) < 4.78 is 35.5. The van der Waals surface area contributed by atoms with Crippen molar-refractivity contribution >= 4 is 18.0 Å². The molecule has 240 valence electrons. The third-order valence-corrected chi connectivity index (χ3v) is 9.87. The lowest BCUT2D eigenvalue weighted by molar-refractivity contribution is -0.141. The number of unbranched alkanes of at least 4 members (excludes halogenated alkanes) is 1. The smallest absolute Gasteiger partial charge is 0.228 e. The third kappa shape index (κ3) is 8.46. The average Bonchev–Trinajstić information content (AvgIpc) is 2.97. The maximum Gasteiger partial charge on any atom is 0.228 e. The number of nitrogens with two attached hydrogens (primary N) is 2. The first-order chi connectivity index (χ1) is 20.1. The number of alkyl halides is 2. The van der Waals surface area contributed by atoms with Gasteiger partial charge in [0.05, 0.1) is 43.4 Å². The van der Waals surface area contributed by atoms with Gasteiger partial charge < -0.3 is 31.7 Å². The molecule has 4 aliphatic heterocycles. The lowest BCUT2D eigenvalue weighted by Gasteiger charge is -2.46. The number of aliphatic imine (C=N–C) groups is 1. The number of ether oxygens (including phenoxy) is 1. The highest BCUT2D eigenvalue weighted by molar-refractivity contribution is 5.81. The van der Waals surface area contributed by atoms with E-state index in [0.717, 1.165) is 19.3 Å². The SMILES string of the molecule is CCCC[C@]1(C)CCC(F)C=NC(C(C(=O)NC2CNCC(F)C2N2CCC(C(=O)N3CCOCC3)CC2)C(N)N)C1. The third-order valence-electron chi connectivity index (χ3n) is 9.87. The van der Waals surface area contributed by atoms with E-state index in [1.54, 1.807) is 0 Å². The predicted molar refractivity (Wildman–Crippen MR) is 159 cm³/mol. The summed E-state index contributed by atoms with van der Waals surface area (Å²) in [4.78, 5) is 35.3. The number of nitrogens with one attached hydrogen (secondary N) is 2. The topological polar surface area (TPSA) is 138 Å². The van der Waals surface area contributed by atoms with Gasteiger partial charge in [-0.15, -0.1) is 0 Å². The van der Waals surface area contributed by atoms with Gasteiger partial charge in [0.1, 0.15) is 12.3 Å². The van der Waals surface area contributed by atoms with Crippen LogP contribution in [0.4, 0.5) is 8.78 Å². The van der Waals surface area contributed by atoms with Crippen LogP contribution in [0.25, 0.3) is 0 Å². The van der Waals surface area contributed by atoms with Gasteiger partial charge in [0.15, 0.2) is 0 Å². The zero-order chi connectivity index (χ0) is 30.3. The maximum absolute atomic E-state index is 15.5. The van der Waals surface area contributed by atoms with E-state index in [-0.39, 0.29) is 29.7 Å². The van der Waals surface area contributed by atoms with Crippen LogP contribution in [-0.4, -0.2) is 117 Å². The molecule has 0 spiro atoms. The quantitative estimate of drug-likeness (QED) is 0.295. The van der Waals surface area contributed by atoms with Gasteiger partial charge in [0.25, 0.3) is 0 Å². The fourth-order valence-corrected chi connectivity index (χ4v) is 7.34. The number of amides is 2. The Hall–Kier alpha value is -1.73. The fourth-order valence-electron chi connectivity index (χ4n) is 7.34. The highest BCUT2D eigenvalue weighted by Crippen LogP contribution is 2.39. The molecule has 0 aromatic heterocycles. The van der Waals surface area contributed by atoms with Gasteiger partial charge in [-0.3, -0.25) is 19.5 Å². The lowest BCUT2D eigenvalue weighted by Crippen LogP contribution is -2.67. The molecule has 3 saturated heterocycles. The van der Waals surface area contributed by atoms with Crippen LogP contribution in [-0.2, 0) is 14.3 Å². The summed E-state index contributed by atoms with van der Waals surface area (Å²) in [7, 11) is 0. The molecule has 10 nitrogen and oxygen atoms in total. The Morgan fingerprint density at radius 3 is 2.52 bits per heavy atom. The number of rotatable bonds is 9. The van der Waals surface area contributed by atoms with E-state index in [2.05, 4.69) is 34.4 Å². The number of hydrogen-bond donors (Lipinski definition) is 4. The Labute approximate surface area is 249 Å². The first-order valence-corrected chi connectivity index (χ1v) is 16.1. The zero-order valence-corrected chi connectivity index (χ0v) is 25.5. The molecule has 0 aromatic rings. The van der Waals surface area contributed by atoms with E-state index >= 15 is 4.39 Å². The van der Waals surface area contributed by atoms with Gasteiger partial charge in [-0.1, -0.05) is 26.7 Å². The lowest BCUT2D eigenvalue weighted by atomic mass is 9.72. The number of hydrogen-bond acceptors (Lipinski definition) is 8. The predicted octanol–water partition coefficient (Wildman–Crippen LogP) is 1.37. The second-order valence-corrected chi connectivity index (χ2v) is 13.2. The van der Waals surface area contributed by atoms with Crippen LogP contribution in [0.2, 0.25) is 0 Å². The molecule has 0 saturated carbocycles. The van der Waals surface area contributed by atoms with Crippen molar-refractivity contribution in [2.45, 2.75) is 102 Å².